The van der Waals surface area contributed by atoms with Gasteiger partial charge in [-0.2, -0.15) is 0 Å². The highest BCUT2D eigenvalue weighted by atomic mass is 19.1. The van der Waals surface area contributed by atoms with Crippen LogP contribution in [0.1, 0.15) is 35.7 Å². The van der Waals surface area contributed by atoms with Crippen LogP contribution in [0.25, 0.3) is 0 Å². The molecule has 6 nitrogen and oxygen atoms in total. The lowest BCUT2D eigenvalue weighted by atomic mass is 9.93. The fraction of sp³-hybridized carbons (Fsp3) is 0.286. The van der Waals surface area contributed by atoms with E-state index in [4.69, 9.17) is 4.74 Å². The summed E-state index contributed by atoms with van der Waals surface area (Å²) in [5.74, 6) is -3.01. The van der Waals surface area contributed by atoms with Crippen LogP contribution in [0.5, 0.6) is 0 Å². The van der Waals surface area contributed by atoms with E-state index in [2.05, 4.69) is 5.32 Å². The average Bonchev–Trinajstić information content (AvgIpc) is 2.91. The zero-order chi connectivity index (χ0) is 20.3. The van der Waals surface area contributed by atoms with Gasteiger partial charge in [0.1, 0.15) is 5.82 Å². The van der Waals surface area contributed by atoms with Crippen LogP contribution >= 0.6 is 0 Å². The van der Waals surface area contributed by atoms with E-state index in [0.717, 1.165) is 12.5 Å². The predicted octanol–water partition coefficient (Wildman–Crippen LogP) is 2.77. The van der Waals surface area contributed by atoms with Crippen molar-refractivity contribution >= 4 is 23.5 Å². The first-order valence-electron chi connectivity index (χ1n) is 9.06. The van der Waals surface area contributed by atoms with Crippen LogP contribution in [-0.2, 0) is 19.9 Å². The molecule has 0 saturated carbocycles. The van der Waals surface area contributed by atoms with Gasteiger partial charge in [-0.05, 0) is 36.8 Å². The molecule has 0 bridgehead atoms. The van der Waals surface area contributed by atoms with Crippen LogP contribution in [0.2, 0.25) is 0 Å². The third kappa shape index (κ3) is 3.24. The molecule has 0 spiro atoms. The standard InChI is InChI=1S/C21H21FN2O4/c1-3-4-12-23-19(26)21(28-18(25)14-8-6-5-7-9-14)16-13-15(22)10-11-17(16)24(2)20(21)27/h5-11,13H,3-4,12H2,1-2H3,(H,23,26). The Hall–Kier alpha value is -3.22. The van der Waals surface area contributed by atoms with Crippen LogP contribution in [0.3, 0.4) is 0 Å². The number of carbonyl (C=O) groups excluding carboxylic acids is 3. The van der Waals surface area contributed by atoms with Gasteiger partial charge in [-0.25, -0.2) is 9.18 Å². The van der Waals surface area contributed by atoms with Crippen molar-refractivity contribution in [3.05, 3.63) is 65.5 Å². The summed E-state index contributed by atoms with van der Waals surface area (Å²) in [6.07, 6.45) is 1.52. The number of fused-ring (bicyclic) bond motifs is 1. The topological polar surface area (TPSA) is 75.7 Å². The first kappa shape index (κ1) is 19.5. The number of ether oxygens (including phenoxy) is 1. The summed E-state index contributed by atoms with van der Waals surface area (Å²) in [5, 5.41) is 2.65. The highest BCUT2D eigenvalue weighted by Gasteiger charge is 2.59. The van der Waals surface area contributed by atoms with Gasteiger partial charge in [-0.3, -0.25) is 9.59 Å². The maximum atomic E-state index is 14.0. The number of nitrogens with one attached hydrogen (secondary N) is 1. The van der Waals surface area contributed by atoms with Crippen LogP contribution in [-0.4, -0.2) is 31.4 Å². The highest BCUT2D eigenvalue weighted by molar-refractivity contribution is 6.21. The van der Waals surface area contributed by atoms with Crippen molar-refractivity contribution < 1.29 is 23.5 Å². The van der Waals surface area contributed by atoms with Crippen LogP contribution < -0.4 is 10.2 Å². The summed E-state index contributed by atoms with van der Waals surface area (Å²) in [4.78, 5) is 40.1. The highest BCUT2D eigenvalue weighted by Crippen LogP contribution is 2.43. The summed E-state index contributed by atoms with van der Waals surface area (Å²) in [7, 11) is 1.45. The van der Waals surface area contributed by atoms with E-state index in [9.17, 15) is 18.8 Å². The Labute approximate surface area is 162 Å². The Morgan fingerprint density at radius 1 is 1.18 bits per heavy atom. The van der Waals surface area contributed by atoms with E-state index in [1.54, 1.807) is 18.2 Å². The Kier molecular flexibility index (Phi) is 5.44. The van der Waals surface area contributed by atoms with Crippen LogP contribution in [0, 0.1) is 5.82 Å². The number of amides is 2. The zero-order valence-electron chi connectivity index (χ0n) is 15.7. The number of rotatable bonds is 6. The molecule has 2 amide bonds. The van der Waals surface area contributed by atoms with Crippen LogP contribution in [0.4, 0.5) is 10.1 Å². The second-order valence-electron chi connectivity index (χ2n) is 6.57. The maximum absolute atomic E-state index is 14.0. The molecule has 1 atom stereocenters. The quantitative estimate of drug-likeness (QED) is 0.472. The van der Waals surface area contributed by atoms with Gasteiger partial charge in [0.2, 0.25) is 0 Å². The average molecular weight is 384 g/mol. The second kappa shape index (κ2) is 7.80. The fourth-order valence-electron chi connectivity index (χ4n) is 3.18. The van der Waals surface area contributed by atoms with Crippen LogP contribution in [0.15, 0.2) is 48.5 Å². The third-order valence-electron chi connectivity index (χ3n) is 4.70. The molecule has 2 aromatic rings. The van der Waals surface area contributed by atoms with Gasteiger partial charge in [0.25, 0.3) is 17.4 Å². The summed E-state index contributed by atoms with van der Waals surface area (Å²) in [5.41, 5.74) is -1.76. The number of nitrogens with zero attached hydrogens (tertiary/aromatic N) is 1. The molecule has 1 aliphatic heterocycles. The molecule has 3 rings (SSSR count). The number of carbonyl (C=O) groups is 3. The number of hydrogen-bond acceptors (Lipinski definition) is 4. The molecule has 0 saturated heterocycles. The summed E-state index contributed by atoms with van der Waals surface area (Å²) < 4.78 is 19.5. The van der Waals surface area contributed by atoms with E-state index in [1.165, 1.54) is 36.2 Å². The zero-order valence-corrected chi connectivity index (χ0v) is 15.7. The van der Waals surface area contributed by atoms with Crippen molar-refractivity contribution in [2.24, 2.45) is 0 Å². The number of unbranched alkanes of at least 4 members (excludes halogenated alkanes) is 1. The number of likely N-dealkylation sites (N-methyl/N-ethyl adjacent to an activating group) is 1. The van der Waals surface area contributed by atoms with E-state index >= 15 is 0 Å². The van der Waals surface area contributed by atoms with Gasteiger partial charge in [0.05, 0.1) is 11.3 Å². The largest absolute Gasteiger partial charge is 0.430 e. The first-order valence-corrected chi connectivity index (χ1v) is 9.06. The van der Waals surface area contributed by atoms with Crippen molar-refractivity contribution in [1.29, 1.82) is 0 Å². The molecule has 1 aliphatic rings. The second-order valence-corrected chi connectivity index (χ2v) is 6.57. The predicted molar refractivity (Wildman–Crippen MR) is 101 cm³/mol. The molecule has 28 heavy (non-hydrogen) atoms. The lowest BCUT2D eigenvalue weighted by Crippen LogP contribution is -2.53. The monoisotopic (exact) mass is 384 g/mol. The molecule has 1 unspecified atom stereocenters. The minimum atomic E-state index is -2.27. The maximum Gasteiger partial charge on any atom is 0.340 e. The van der Waals surface area contributed by atoms with E-state index in [0.29, 0.717) is 18.7 Å². The minimum absolute atomic E-state index is 0.0123. The molecule has 7 heteroatoms. The van der Waals surface area contributed by atoms with Crippen molar-refractivity contribution in [1.82, 2.24) is 5.32 Å². The van der Waals surface area contributed by atoms with Crippen molar-refractivity contribution in [3.8, 4) is 0 Å². The molecule has 1 heterocycles. The van der Waals surface area contributed by atoms with E-state index in [1.807, 2.05) is 6.92 Å². The number of hydrogen-bond donors (Lipinski definition) is 1. The smallest absolute Gasteiger partial charge is 0.340 e. The van der Waals surface area contributed by atoms with Gasteiger partial charge >= 0.3 is 5.97 Å². The molecule has 0 radical (unpaired) electrons. The molecular weight excluding hydrogens is 363 g/mol. The first-order chi connectivity index (χ1) is 13.4. The Bertz CT molecular complexity index is 916. The molecule has 2 aromatic carbocycles. The van der Waals surface area contributed by atoms with Gasteiger partial charge in [0, 0.05) is 19.2 Å². The molecule has 0 fully saturated rings. The summed E-state index contributed by atoms with van der Waals surface area (Å²) in [6.45, 7) is 2.26. The minimum Gasteiger partial charge on any atom is -0.430 e. The van der Waals surface area contributed by atoms with Gasteiger partial charge in [-0.15, -0.1) is 0 Å². The molecule has 0 aromatic heterocycles. The molecule has 1 N–H and O–H groups in total. The number of esters is 1. The van der Waals surface area contributed by atoms with Gasteiger partial charge < -0.3 is 15.0 Å². The molecule has 0 aliphatic carbocycles. The lowest BCUT2D eigenvalue weighted by Gasteiger charge is -2.27. The molecular formula is C21H21FN2O4. The van der Waals surface area contributed by atoms with Crippen molar-refractivity contribution in [2.45, 2.75) is 25.4 Å². The Balaban J connectivity index is 2.08. The number of benzene rings is 2. The molecule has 146 valence electrons. The fourth-order valence-corrected chi connectivity index (χ4v) is 3.18. The van der Waals surface area contributed by atoms with Gasteiger partial charge in [-0.1, -0.05) is 31.5 Å². The number of halogens is 1. The van der Waals surface area contributed by atoms with E-state index < -0.39 is 29.2 Å². The summed E-state index contributed by atoms with van der Waals surface area (Å²) in [6, 6.07) is 11.7. The Morgan fingerprint density at radius 3 is 2.57 bits per heavy atom. The van der Waals surface area contributed by atoms with E-state index in [-0.39, 0.29) is 11.1 Å². The number of anilines is 1. The van der Waals surface area contributed by atoms with Crippen molar-refractivity contribution in [2.75, 3.05) is 18.5 Å². The van der Waals surface area contributed by atoms with Gasteiger partial charge in [0.15, 0.2) is 0 Å². The SMILES string of the molecule is CCCCNC(=O)C1(OC(=O)c2ccccc2)C(=O)N(C)c2ccc(F)cc21. The third-order valence-corrected chi connectivity index (χ3v) is 4.70. The van der Waals surface area contributed by atoms with Crippen molar-refractivity contribution in [3.63, 3.8) is 0 Å². The lowest BCUT2D eigenvalue weighted by molar-refractivity contribution is -0.152. The summed E-state index contributed by atoms with van der Waals surface area (Å²) >= 11 is 0. The Morgan fingerprint density at radius 2 is 1.89 bits per heavy atom. The normalized spacial score (nSPS) is 18.0.